The van der Waals surface area contributed by atoms with E-state index in [1.165, 1.54) is 12.0 Å². The summed E-state index contributed by atoms with van der Waals surface area (Å²) in [6.45, 7) is 6.28. The number of hydrogen-bond donors (Lipinski definition) is 1. The van der Waals surface area contributed by atoms with Gasteiger partial charge in [0, 0.05) is 5.92 Å². The van der Waals surface area contributed by atoms with Gasteiger partial charge in [0.25, 0.3) is 0 Å². The predicted octanol–water partition coefficient (Wildman–Crippen LogP) is 3.28. The summed E-state index contributed by atoms with van der Waals surface area (Å²) < 4.78 is 0. The van der Waals surface area contributed by atoms with Gasteiger partial charge in [-0.15, -0.1) is 0 Å². The van der Waals surface area contributed by atoms with Crippen molar-refractivity contribution in [1.29, 1.82) is 0 Å². The van der Waals surface area contributed by atoms with Crippen molar-refractivity contribution in [3.8, 4) is 0 Å². The SMILES string of the molecule is CCCc1ccc(N=C(N)C(C)C)cc1. The summed E-state index contributed by atoms with van der Waals surface area (Å²) >= 11 is 0. The zero-order valence-corrected chi connectivity index (χ0v) is 9.83. The largest absolute Gasteiger partial charge is 0.387 e. The Morgan fingerprint density at radius 1 is 1.27 bits per heavy atom. The second-order valence-corrected chi connectivity index (χ2v) is 4.11. The molecule has 0 bridgehead atoms. The lowest BCUT2D eigenvalue weighted by atomic mass is 10.1. The molecule has 1 rings (SSSR count). The summed E-state index contributed by atoms with van der Waals surface area (Å²) in [5.41, 5.74) is 8.10. The maximum absolute atomic E-state index is 5.80. The quantitative estimate of drug-likeness (QED) is 0.593. The van der Waals surface area contributed by atoms with Crippen molar-refractivity contribution in [2.75, 3.05) is 0 Å². The van der Waals surface area contributed by atoms with Crippen LogP contribution in [0.5, 0.6) is 0 Å². The number of aliphatic imine (C=N–C) groups is 1. The monoisotopic (exact) mass is 204 g/mol. The fraction of sp³-hybridized carbons (Fsp3) is 0.462. The summed E-state index contributed by atoms with van der Waals surface area (Å²) in [6, 6.07) is 8.30. The molecule has 0 saturated carbocycles. The van der Waals surface area contributed by atoms with Crippen LogP contribution in [0.3, 0.4) is 0 Å². The Bertz CT molecular complexity index is 323. The highest BCUT2D eigenvalue weighted by Crippen LogP contribution is 2.14. The summed E-state index contributed by atoms with van der Waals surface area (Å²) in [5.74, 6) is 0.999. The first kappa shape index (κ1) is 11.8. The van der Waals surface area contributed by atoms with E-state index in [1.807, 2.05) is 26.0 Å². The molecule has 1 aromatic carbocycles. The number of aryl methyl sites for hydroxylation is 1. The smallest absolute Gasteiger partial charge is 0.102 e. The van der Waals surface area contributed by atoms with Crippen molar-refractivity contribution in [3.05, 3.63) is 29.8 Å². The average Bonchev–Trinajstić information content (AvgIpc) is 2.21. The van der Waals surface area contributed by atoms with Crippen LogP contribution in [0.4, 0.5) is 5.69 Å². The summed E-state index contributed by atoms with van der Waals surface area (Å²) in [7, 11) is 0. The van der Waals surface area contributed by atoms with Crippen LogP contribution < -0.4 is 5.73 Å². The van der Waals surface area contributed by atoms with E-state index in [9.17, 15) is 0 Å². The third kappa shape index (κ3) is 3.74. The molecule has 0 aromatic heterocycles. The van der Waals surface area contributed by atoms with Crippen molar-refractivity contribution in [2.45, 2.75) is 33.6 Å². The van der Waals surface area contributed by atoms with Crippen LogP contribution in [0.25, 0.3) is 0 Å². The Labute approximate surface area is 92.2 Å². The molecule has 0 fully saturated rings. The first-order valence-electron chi connectivity index (χ1n) is 5.56. The molecular formula is C13H20N2. The molecule has 2 nitrogen and oxygen atoms in total. The van der Waals surface area contributed by atoms with Gasteiger partial charge in [-0.25, -0.2) is 4.99 Å². The lowest BCUT2D eigenvalue weighted by Crippen LogP contribution is -2.17. The minimum atomic E-state index is 0.306. The highest BCUT2D eigenvalue weighted by Gasteiger charge is 1.99. The van der Waals surface area contributed by atoms with Gasteiger partial charge in [-0.2, -0.15) is 0 Å². The van der Waals surface area contributed by atoms with Crippen LogP contribution in [0.15, 0.2) is 29.3 Å². The Balaban J connectivity index is 2.76. The molecule has 0 unspecified atom stereocenters. The van der Waals surface area contributed by atoms with Gasteiger partial charge in [-0.05, 0) is 24.1 Å². The molecule has 1 aromatic rings. The van der Waals surface area contributed by atoms with Crippen molar-refractivity contribution in [3.63, 3.8) is 0 Å². The van der Waals surface area contributed by atoms with Crippen LogP contribution in [0.2, 0.25) is 0 Å². The van der Waals surface area contributed by atoms with E-state index < -0.39 is 0 Å². The Kier molecular flexibility index (Phi) is 4.35. The zero-order chi connectivity index (χ0) is 11.3. The van der Waals surface area contributed by atoms with Crippen LogP contribution in [0.1, 0.15) is 32.8 Å². The molecule has 15 heavy (non-hydrogen) atoms. The molecular weight excluding hydrogens is 184 g/mol. The molecule has 2 heteroatoms. The number of benzene rings is 1. The summed E-state index contributed by atoms with van der Waals surface area (Å²) in [6.07, 6.45) is 2.31. The number of nitrogens with two attached hydrogens (primary N) is 1. The molecule has 82 valence electrons. The lowest BCUT2D eigenvalue weighted by molar-refractivity contribution is 0.873. The van der Waals surface area contributed by atoms with Crippen molar-refractivity contribution in [1.82, 2.24) is 0 Å². The zero-order valence-electron chi connectivity index (χ0n) is 9.83. The van der Waals surface area contributed by atoms with Crippen molar-refractivity contribution >= 4 is 11.5 Å². The molecule has 0 aliphatic heterocycles. The summed E-state index contributed by atoms with van der Waals surface area (Å²) in [5, 5.41) is 0. The number of amidine groups is 1. The Morgan fingerprint density at radius 2 is 1.87 bits per heavy atom. The second-order valence-electron chi connectivity index (χ2n) is 4.11. The number of rotatable bonds is 4. The summed E-state index contributed by atoms with van der Waals surface area (Å²) in [4.78, 5) is 4.35. The fourth-order valence-electron chi connectivity index (χ4n) is 1.30. The topological polar surface area (TPSA) is 38.4 Å². The van der Waals surface area contributed by atoms with E-state index in [4.69, 9.17) is 5.73 Å². The standard InChI is InChI=1S/C13H20N2/c1-4-5-11-6-8-12(9-7-11)15-13(14)10(2)3/h6-10H,4-5H2,1-3H3,(H2,14,15). The molecule has 0 heterocycles. The normalized spacial score (nSPS) is 12.1. The minimum absolute atomic E-state index is 0.306. The molecule has 0 spiro atoms. The molecule has 0 amide bonds. The Hall–Kier alpha value is -1.31. The third-order valence-corrected chi connectivity index (χ3v) is 2.32. The molecule has 0 atom stereocenters. The lowest BCUT2D eigenvalue weighted by Gasteiger charge is -2.04. The molecule has 0 radical (unpaired) electrons. The average molecular weight is 204 g/mol. The maximum Gasteiger partial charge on any atom is 0.102 e. The Morgan fingerprint density at radius 3 is 2.33 bits per heavy atom. The first-order chi connectivity index (χ1) is 7.13. The fourth-order valence-corrected chi connectivity index (χ4v) is 1.30. The van der Waals surface area contributed by atoms with E-state index in [-0.39, 0.29) is 0 Å². The van der Waals surface area contributed by atoms with Gasteiger partial charge in [-0.1, -0.05) is 39.3 Å². The van der Waals surface area contributed by atoms with Crippen LogP contribution in [-0.2, 0) is 6.42 Å². The van der Waals surface area contributed by atoms with E-state index in [1.54, 1.807) is 0 Å². The van der Waals surface area contributed by atoms with Crippen molar-refractivity contribution < 1.29 is 0 Å². The highest BCUT2D eigenvalue weighted by atomic mass is 14.9. The molecule has 0 aliphatic carbocycles. The van der Waals surface area contributed by atoms with Gasteiger partial charge < -0.3 is 5.73 Å². The second kappa shape index (κ2) is 5.54. The van der Waals surface area contributed by atoms with E-state index in [0.717, 1.165) is 12.1 Å². The van der Waals surface area contributed by atoms with Gasteiger partial charge >= 0.3 is 0 Å². The number of nitrogens with zero attached hydrogens (tertiary/aromatic N) is 1. The van der Waals surface area contributed by atoms with E-state index >= 15 is 0 Å². The van der Waals surface area contributed by atoms with E-state index in [2.05, 4.69) is 24.0 Å². The van der Waals surface area contributed by atoms with Crippen LogP contribution in [-0.4, -0.2) is 5.84 Å². The maximum atomic E-state index is 5.80. The van der Waals surface area contributed by atoms with Gasteiger partial charge in [-0.3, -0.25) is 0 Å². The third-order valence-electron chi connectivity index (χ3n) is 2.32. The molecule has 0 saturated heterocycles. The van der Waals surface area contributed by atoms with Gasteiger partial charge in [0.15, 0.2) is 0 Å². The number of hydrogen-bond acceptors (Lipinski definition) is 1. The van der Waals surface area contributed by atoms with Gasteiger partial charge in [0.05, 0.1) is 5.69 Å². The predicted molar refractivity (Wildman–Crippen MR) is 66.6 cm³/mol. The van der Waals surface area contributed by atoms with Gasteiger partial charge in [0.2, 0.25) is 0 Å². The van der Waals surface area contributed by atoms with Crippen molar-refractivity contribution in [2.24, 2.45) is 16.6 Å². The molecule has 2 N–H and O–H groups in total. The van der Waals surface area contributed by atoms with Crippen LogP contribution >= 0.6 is 0 Å². The minimum Gasteiger partial charge on any atom is -0.387 e. The first-order valence-corrected chi connectivity index (χ1v) is 5.56. The van der Waals surface area contributed by atoms with Crippen LogP contribution in [0, 0.1) is 5.92 Å². The van der Waals surface area contributed by atoms with Gasteiger partial charge in [0.1, 0.15) is 5.84 Å². The highest BCUT2D eigenvalue weighted by molar-refractivity contribution is 5.84. The molecule has 0 aliphatic rings. The van der Waals surface area contributed by atoms with E-state index in [0.29, 0.717) is 11.8 Å².